The van der Waals surface area contributed by atoms with Gasteiger partial charge < -0.3 is 15.2 Å². The Morgan fingerprint density at radius 3 is 2.41 bits per heavy atom. The third-order valence-corrected chi connectivity index (χ3v) is 6.87. The molecule has 0 unspecified atom stereocenters. The van der Waals surface area contributed by atoms with E-state index < -0.39 is 27.9 Å². The van der Waals surface area contributed by atoms with Gasteiger partial charge in [-0.05, 0) is 51.0 Å². The predicted molar refractivity (Wildman–Crippen MR) is 111 cm³/mol. The highest BCUT2D eigenvalue weighted by atomic mass is 32.2. The number of nitrogens with two attached hydrogens (primary N) is 1. The van der Waals surface area contributed by atoms with Gasteiger partial charge in [0.1, 0.15) is 0 Å². The number of sulfonamides is 1. The van der Waals surface area contributed by atoms with E-state index in [1.165, 1.54) is 16.4 Å². The van der Waals surface area contributed by atoms with E-state index in [0.29, 0.717) is 42.4 Å². The molecule has 0 bridgehead atoms. The van der Waals surface area contributed by atoms with Gasteiger partial charge in [-0.1, -0.05) is 18.2 Å². The van der Waals surface area contributed by atoms with E-state index in [1.54, 1.807) is 37.3 Å². The number of nitrogens with zero attached hydrogens (tertiary/aromatic N) is 1. The van der Waals surface area contributed by atoms with Gasteiger partial charge in [0.25, 0.3) is 10.0 Å². The standard InChI is InChI=1S/C21H26N2O5S/c1-4-27-19-11-10-15(13-20(19)28-5-2)29(25,26)23-14(3)12-17(21(22)24)16-8-6-7-9-18(16)23/h6-11,13-14,17H,4-5,12H2,1-3H3,(H2,22,24)/t14-,17+/m1/s1. The lowest BCUT2D eigenvalue weighted by molar-refractivity contribution is -0.119. The molecule has 1 amide bonds. The minimum atomic E-state index is -3.90. The number of amides is 1. The molecule has 0 saturated heterocycles. The van der Waals surface area contributed by atoms with Crippen LogP contribution in [0.2, 0.25) is 0 Å². The summed E-state index contributed by atoms with van der Waals surface area (Å²) in [6.07, 6.45) is 0.320. The molecule has 29 heavy (non-hydrogen) atoms. The third-order valence-electron chi connectivity index (χ3n) is 4.94. The summed E-state index contributed by atoms with van der Waals surface area (Å²) in [5, 5.41) is 0. The molecule has 2 atom stereocenters. The van der Waals surface area contributed by atoms with Crippen LogP contribution in [0, 0.1) is 0 Å². The lowest BCUT2D eigenvalue weighted by Gasteiger charge is -2.38. The molecule has 0 spiro atoms. The first kappa shape index (κ1) is 21.0. The van der Waals surface area contributed by atoms with E-state index in [4.69, 9.17) is 15.2 Å². The second kappa shape index (κ2) is 8.32. The number of primary amides is 1. The number of benzene rings is 2. The summed E-state index contributed by atoms with van der Waals surface area (Å²) in [7, 11) is -3.90. The lowest BCUT2D eigenvalue weighted by atomic mass is 9.87. The Labute approximate surface area is 171 Å². The molecular weight excluding hydrogens is 392 g/mol. The average molecular weight is 419 g/mol. The van der Waals surface area contributed by atoms with Gasteiger partial charge in [-0.25, -0.2) is 8.42 Å². The molecule has 1 aliphatic heterocycles. The van der Waals surface area contributed by atoms with Gasteiger partial charge in [-0.2, -0.15) is 0 Å². The maximum Gasteiger partial charge on any atom is 0.264 e. The Hall–Kier alpha value is -2.74. The number of anilines is 1. The lowest BCUT2D eigenvalue weighted by Crippen LogP contribution is -2.45. The smallest absolute Gasteiger partial charge is 0.264 e. The second-order valence-corrected chi connectivity index (χ2v) is 8.69. The number of ether oxygens (including phenoxy) is 2. The molecule has 0 aliphatic carbocycles. The normalized spacial score (nSPS) is 18.8. The van der Waals surface area contributed by atoms with Crippen LogP contribution in [0.4, 0.5) is 5.69 Å². The minimum absolute atomic E-state index is 0.101. The highest BCUT2D eigenvalue weighted by molar-refractivity contribution is 7.92. The molecule has 0 fully saturated rings. The van der Waals surface area contributed by atoms with Crippen molar-refractivity contribution < 1.29 is 22.7 Å². The Morgan fingerprint density at radius 2 is 1.76 bits per heavy atom. The molecule has 1 aliphatic rings. The van der Waals surface area contributed by atoms with Gasteiger partial charge in [0, 0.05) is 12.1 Å². The van der Waals surface area contributed by atoms with Crippen molar-refractivity contribution in [1.29, 1.82) is 0 Å². The van der Waals surface area contributed by atoms with Gasteiger partial charge in [0.15, 0.2) is 11.5 Å². The van der Waals surface area contributed by atoms with Gasteiger partial charge in [0.05, 0.1) is 29.7 Å². The molecule has 7 nitrogen and oxygen atoms in total. The fourth-order valence-electron chi connectivity index (χ4n) is 3.73. The fourth-order valence-corrected chi connectivity index (χ4v) is 5.43. The summed E-state index contributed by atoms with van der Waals surface area (Å²) in [4.78, 5) is 12.0. The molecule has 1 heterocycles. The Bertz CT molecular complexity index is 1010. The van der Waals surface area contributed by atoms with E-state index in [0.717, 1.165) is 0 Å². The topological polar surface area (TPSA) is 98.9 Å². The van der Waals surface area contributed by atoms with Crippen LogP contribution in [0.15, 0.2) is 47.4 Å². The maximum absolute atomic E-state index is 13.6. The summed E-state index contributed by atoms with van der Waals surface area (Å²) in [5.74, 6) is -0.106. The second-order valence-electron chi connectivity index (χ2n) is 6.87. The van der Waals surface area contributed by atoms with Crippen molar-refractivity contribution in [1.82, 2.24) is 0 Å². The maximum atomic E-state index is 13.6. The van der Waals surface area contributed by atoms with Crippen LogP contribution >= 0.6 is 0 Å². The van der Waals surface area contributed by atoms with Crippen LogP contribution < -0.4 is 19.5 Å². The summed E-state index contributed by atoms with van der Waals surface area (Å²) in [6.45, 7) is 6.27. The molecule has 0 radical (unpaired) electrons. The first-order chi connectivity index (χ1) is 13.8. The van der Waals surface area contributed by atoms with Crippen LogP contribution in [0.25, 0.3) is 0 Å². The Morgan fingerprint density at radius 1 is 1.10 bits per heavy atom. The van der Waals surface area contributed by atoms with Crippen molar-refractivity contribution in [3.63, 3.8) is 0 Å². The van der Waals surface area contributed by atoms with Crippen molar-refractivity contribution in [2.45, 2.75) is 44.0 Å². The Kier molecular flexibility index (Phi) is 6.02. The zero-order valence-corrected chi connectivity index (χ0v) is 17.6. The van der Waals surface area contributed by atoms with E-state index in [9.17, 15) is 13.2 Å². The van der Waals surface area contributed by atoms with Crippen molar-refractivity contribution in [2.75, 3.05) is 17.5 Å². The van der Waals surface area contributed by atoms with E-state index in [2.05, 4.69) is 0 Å². The quantitative estimate of drug-likeness (QED) is 0.745. The van der Waals surface area contributed by atoms with E-state index >= 15 is 0 Å². The van der Waals surface area contributed by atoms with Crippen LogP contribution in [0.3, 0.4) is 0 Å². The largest absolute Gasteiger partial charge is 0.490 e. The van der Waals surface area contributed by atoms with Crippen molar-refractivity contribution in [2.24, 2.45) is 5.73 Å². The SMILES string of the molecule is CCOc1ccc(S(=O)(=O)N2c3ccccc3[C@@H](C(N)=O)C[C@H]2C)cc1OCC. The van der Waals surface area contributed by atoms with Gasteiger partial charge in [0.2, 0.25) is 5.91 Å². The Balaban J connectivity index is 2.10. The molecule has 2 N–H and O–H groups in total. The first-order valence-corrected chi connectivity index (χ1v) is 11.1. The zero-order chi connectivity index (χ0) is 21.2. The number of carbonyl (C=O) groups is 1. The molecule has 0 aromatic heterocycles. The fraction of sp³-hybridized carbons (Fsp3) is 0.381. The molecule has 2 aromatic rings. The summed E-state index contributed by atoms with van der Waals surface area (Å²) in [5.41, 5.74) is 6.67. The summed E-state index contributed by atoms with van der Waals surface area (Å²) >= 11 is 0. The van der Waals surface area contributed by atoms with Crippen molar-refractivity contribution in [3.05, 3.63) is 48.0 Å². The monoisotopic (exact) mass is 418 g/mol. The molecular formula is C21H26N2O5S. The molecule has 156 valence electrons. The predicted octanol–water partition coefficient (Wildman–Crippen LogP) is 3.04. The molecule has 0 saturated carbocycles. The molecule has 2 aromatic carbocycles. The highest BCUT2D eigenvalue weighted by Gasteiger charge is 2.39. The van der Waals surface area contributed by atoms with Gasteiger partial charge in [-0.15, -0.1) is 0 Å². The van der Waals surface area contributed by atoms with Crippen LogP contribution in [-0.4, -0.2) is 33.6 Å². The van der Waals surface area contributed by atoms with Gasteiger partial charge >= 0.3 is 0 Å². The van der Waals surface area contributed by atoms with Crippen molar-refractivity contribution in [3.8, 4) is 11.5 Å². The molecule has 8 heteroatoms. The number of hydrogen-bond donors (Lipinski definition) is 1. The van der Waals surface area contributed by atoms with Crippen LogP contribution in [0.5, 0.6) is 11.5 Å². The summed E-state index contributed by atoms with van der Waals surface area (Å²) < 4.78 is 39.6. The van der Waals surface area contributed by atoms with Crippen molar-refractivity contribution >= 4 is 21.6 Å². The van der Waals surface area contributed by atoms with E-state index in [1.807, 2.05) is 13.8 Å². The number of carbonyl (C=O) groups excluding carboxylic acids is 1. The number of rotatable bonds is 7. The third kappa shape index (κ3) is 3.89. The highest BCUT2D eigenvalue weighted by Crippen LogP contribution is 2.42. The average Bonchev–Trinajstić information content (AvgIpc) is 2.68. The number of fused-ring (bicyclic) bond motifs is 1. The van der Waals surface area contributed by atoms with E-state index in [-0.39, 0.29) is 4.90 Å². The first-order valence-electron chi connectivity index (χ1n) is 9.63. The number of para-hydroxylation sites is 1. The summed E-state index contributed by atoms with van der Waals surface area (Å²) in [6, 6.07) is 11.2. The van der Waals surface area contributed by atoms with Crippen LogP contribution in [0.1, 0.15) is 38.7 Å². The number of hydrogen-bond acceptors (Lipinski definition) is 5. The van der Waals surface area contributed by atoms with Gasteiger partial charge in [-0.3, -0.25) is 9.10 Å². The van der Waals surface area contributed by atoms with Crippen LogP contribution in [-0.2, 0) is 14.8 Å². The zero-order valence-electron chi connectivity index (χ0n) is 16.8. The minimum Gasteiger partial charge on any atom is -0.490 e. The molecule has 3 rings (SSSR count).